The monoisotopic (exact) mass is 332 g/mol. The Morgan fingerprint density at radius 3 is 2.50 bits per heavy atom. The topological polar surface area (TPSA) is 46.2 Å². The summed E-state index contributed by atoms with van der Waals surface area (Å²) in [5, 5.41) is 0. The van der Waals surface area contributed by atoms with Gasteiger partial charge in [0.2, 0.25) is 12.1 Å². The molecule has 24 heavy (non-hydrogen) atoms. The third-order valence-corrected chi connectivity index (χ3v) is 4.14. The molecule has 0 saturated carbocycles. The highest BCUT2D eigenvalue weighted by atomic mass is 19.1. The smallest absolute Gasteiger partial charge is 0.249 e. The molecule has 5 nitrogen and oxygen atoms in total. The number of rotatable bonds is 2. The van der Waals surface area contributed by atoms with Gasteiger partial charge in [-0.1, -0.05) is 42.5 Å². The molecule has 126 valence electrons. The molecule has 0 aliphatic carbocycles. The minimum Gasteiger partial charge on any atom is -0.311 e. The predicted octanol–water partition coefficient (Wildman–Crippen LogP) is 4.11. The van der Waals surface area contributed by atoms with Crippen molar-refractivity contribution < 1.29 is 28.7 Å². The number of ether oxygens (including phenoxy) is 1. The Bertz CT molecular complexity index is 678. The normalized spacial score (nSPS) is 30.4. The number of fused-ring (bicyclic) bond motifs is 2. The van der Waals surface area contributed by atoms with Crippen LogP contribution < -0.4 is 0 Å². The maximum atomic E-state index is 13.1. The minimum absolute atomic E-state index is 0.340. The quantitative estimate of drug-likeness (QED) is 0.774. The molecule has 2 bridgehead atoms. The Hall–Kier alpha value is -1.83. The number of hydrogen-bond donors (Lipinski definition) is 0. The van der Waals surface area contributed by atoms with E-state index in [1.807, 2.05) is 30.3 Å². The Kier molecular flexibility index (Phi) is 4.30. The first kappa shape index (κ1) is 15.7. The van der Waals surface area contributed by atoms with Crippen LogP contribution in [0, 0.1) is 5.82 Å². The van der Waals surface area contributed by atoms with Crippen LogP contribution in [0.25, 0.3) is 0 Å². The molecule has 0 N–H and O–H groups in total. The summed E-state index contributed by atoms with van der Waals surface area (Å²) in [6, 6.07) is 15.3. The first-order chi connectivity index (χ1) is 11.8. The van der Waals surface area contributed by atoms with Gasteiger partial charge in [-0.2, -0.15) is 14.7 Å². The van der Waals surface area contributed by atoms with Crippen molar-refractivity contribution in [3.8, 4) is 0 Å². The lowest BCUT2D eigenvalue weighted by Crippen LogP contribution is -2.44. The van der Waals surface area contributed by atoms with E-state index < -0.39 is 18.4 Å². The zero-order valence-electron chi connectivity index (χ0n) is 12.9. The fraction of sp³-hybridized carbons (Fsp3) is 0.333. The van der Waals surface area contributed by atoms with Crippen LogP contribution in [-0.4, -0.2) is 6.29 Å². The Labute approximate surface area is 138 Å². The van der Waals surface area contributed by atoms with Crippen LogP contribution in [0.2, 0.25) is 0 Å². The molecule has 2 aliphatic heterocycles. The molecule has 0 spiro atoms. The molecule has 4 rings (SSSR count). The number of halogens is 1. The van der Waals surface area contributed by atoms with Gasteiger partial charge in [-0.15, -0.1) is 0 Å². The van der Waals surface area contributed by atoms with Crippen LogP contribution in [0.4, 0.5) is 4.39 Å². The van der Waals surface area contributed by atoms with Gasteiger partial charge in [0.15, 0.2) is 6.29 Å². The van der Waals surface area contributed by atoms with E-state index in [4.69, 9.17) is 24.3 Å². The SMILES string of the molecule is Fc1ccc(C2OOC3CCCC(c4ccccc4)(OO2)O3)cc1. The van der Waals surface area contributed by atoms with Crippen LogP contribution in [0.1, 0.15) is 36.7 Å². The fourth-order valence-corrected chi connectivity index (χ4v) is 2.89. The minimum atomic E-state index is -1.05. The third-order valence-electron chi connectivity index (χ3n) is 4.14. The van der Waals surface area contributed by atoms with E-state index in [1.54, 1.807) is 12.1 Å². The van der Waals surface area contributed by atoms with E-state index >= 15 is 0 Å². The molecule has 2 aliphatic rings. The van der Waals surface area contributed by atoms with Crippen molar-refractivity contribution in [2.24, 2.45) is 0 Å². The Morgan fingerprint density at radius 2 is 1.71 bits per heavy atom. The molecule has 0 radical (unpaired) electrons. The second-order valence-corrected chi connectivity index (χ2v) is 5.81. The van der Waals surface area contributed by atoms with Gasteiger partial charge in [0.05, 0.1) is 0 Å². The first-order valence-electron chi connectivity index (χ1n) is 7.91. The average molecular weight is 332 g/mol. The van der Waals surface area contributed by atoms with E-state index in [0.717, 1.165) is 12.0 Å². The van der Waals surface area contributed by atoms with Crippen molar-refractivity contribution in [3.63, 3.8) is 0 Å². The van der Waals surface area contributed by atoms with Gasteiger partial charge in [-0.05, 0) is 18.6 Å². The van der Waals surface area contributed by atoms with E-state index in [0.29, 0.717) is 18.4 Å². The molecule has 2 fully saturated rings. The zero-order valence-corrected chi connectivity index (χ0v) is 12.9. The molecule has 2 aromatic rings. The zero-order chi connectivity index (χ0) is 16.4. The summed E-state index contributed by atoms with van der Waals surface area (Å²) >= 11 is 0. The summed E-state index contributed by atoms with van der Waals surface area (Å²) in [4.78, 5) is 21.8. The van der Waals surface area contributed by atoms with Gasteiger partial charge >= 0.3 is 0 Å². The molecule has 0 aromatic heterocycles. The maximum absolute atomic E-state index is 13.1. The standard InChI is InChI=1S/C18H17FO5/c19-15-10-8-13(9-11-15)17-22-21-16-7-4-12-18(20-16,24-23-17)14-5-2-1-3-6-14/h1-3,5-6,8-11,16-17H,4,7,12H2. The summed E-state index contributed by atoms with van der Waals surface area (Å²) in [5.41, 5.74) is 1.43. The van der Waals surface area contributed by atoms with Crippen LogP contribution in [0.5, 0.6) is 0 Å². The maximum Gasteiger partial charge on any atom is 0.249 e. The van der Waals surface area contributed by atoms with Crippen molar-refractivity contribution in [3.05, 3.63) is 71.5 Å². The molecule has 3 unspecified atom stereocenters. The van der Waals surface area contributed by atoms with E-state index in [2.05, 4.69) is 0 Å². The Morgan fingerprint density at radius 1 is 0.917 bits per heavy atom. The molecular weight excluding hydrogens is 315 g/mol. The van der Waals surface area contributed by atoms with Crippen LogP contribution >= 0.6 is 0 Å². The molecule has 2 heterocycles. The molecule has 2 aromatic carbocycles. The first-order valence-corrected chi connectivity index (χ1v) is 7.91. The number of hydrogen-bond acceptors (Lipinski definition) is 5. The van der Waals surface area contributed by atoms with Gasteiger partial charge in [0.25, 0.3) is 0 Å². The molecule has 2 saturated heterocycles. The summed E-state index contributed by atoms with van der Waals surface area (Å²) in [5.74, 6) is -1.39. The predicted molar refractivity (Wildman–Crippen MR) is 80.3 cm³/mol. The van der Waals surface area contributed by atoms with Crippen molar-refractivity contribution in [2.75, 3.05) is 0 Å². The summed E-state index contributed by atoms with van der Waals surface area (Å²) in [7, 11) is 0. The van der Waals surface area contributed by atoms with Gasteiger partial charge in [0, 0.05) is 24.0 Å². The van der Waals surface area contributed by atoms with Gasteiger partial charge in [-0.25, -0.2) is 9.28 Å². The van der Waals surface area contributed by atoms with E-state index in [-0.39, 0.29) is 5.82 Å². The van der Waals surface area contributed by atoms with Crippen LogP contribution in [0.3, 0.4) is 0 Å². The second-order valence-electron chi connectivity index (χ2n) is 5.81. The lowest BCUT2D eigenvalue weighted by molar-refractivity contribution is -0.593. The number of benzene rings is 2. The van der Waals surface area contributed by atoms with Crippen molar-refractivity contribution in [2.45, 2.75) is 37.6 Å². The van der Waals surface area contributed by atoms with Gasteiger partial charge in [-0.3, -0.25) is 0 Å². The summed E-state index contributed by atoms with van der Waals surface area (Å²) < 4.78 is 19.1. The summed E-state index contributed by atoms with van der Waals surface area (Å²) in [6.45, 7) is 0. The highest BCUT2D eigenvalue weighted by Gasteiger charge is 2.45. The highest BCUT2D eigenvalue weighted by Crippen LogP contribution is 2.42. The van der Waals surface area contributed by atoms with Crippen LogP contribution in [-0.2, 0) is 30.1 Å². The third kappa shape index (κ3) is 3.07. The van der Waals surface area contributed by atoms with E-state index in [9.17, 15) is 4.39 Å². The molecular formula is C18H17FO5. The summed E-state index contributed by atoms with van der Waals surface area (Å²) in [6.07, 6.45) is 0.665. The molecule has 0 amide bonds. The lowest BCUT2D eigenvalue weighted by atomic mass is 9.97. The Balaban J connectivity index is 1.61. The molecule has 6 heteroatoms. The fourth-order valence-electron chi connectivity index (χ4n) is 2.89. The largest absolute Gasteiger partial charge is 0.311 e. The van der Waals surface area contributed by atoms with Crippen molar-refractivity contribution in [1.29, 1.82) is 0 Å². The van der Waals surface area contributed by atoms with Crippen molar-refractivity contribution >= 4 is 0 Å². The van der Waals surface area contributed by atoms with E-state index in [1.165, 1.54) is 12.1 Å². The lowest BCUT2D eigenvalue weighted by Gasteiger charge is -2.41. The van der Waals surface area contributed by atoms with Gasteiger partial charge < -0.3 is 4.74 Å². The molecule has 3 atom stereocenters. The van der Waals surface area contributed by atoms with Gasteiger partial charge in [0.1, 0.15) is 5.82 Å². The average Bonchev–Trinajstić information content (AvgIpc) is 2.63. The van der Waals surface area contributed by atoms with Crippen LogP contribution in [0.15, 0.2) is 54.6 Å². The highest BCUT2D eigenvalue weighted by molar-refractivity contribution is 5.21. The van der Waals surface area contributed by atoms with Crippen molar-refractivity contribution in [1.82, 2.24) is 0 Å². The second kappa shape index (κ2) is 6.58.